The maximum absolute atomic E-state index is 9.26. The van der Waals surface area contributed by atoms with Gasteiger partial charge in [-0.25, -0.2) is 4.98 Å². The molecule has 4 nitrogen and oxygen atoms in total. The van der Waals surface area contributed by atoms with Crippen molar-refractivity contribution < 1.29 is 0 Å². The summed E-state index contributed by atoms with van der Waals surface area (Å²) >= 11 is 1.46. The summed E-state index contributed by atoms with van der Waals surface area (Å²) in [5.41, 5.74) is 6.49. The number of hydrogen-bond donors (Lipinski definition) is 0. The number of hydrogen-bond acceptors (Lipinski definition) is 5. The summed E-state index contributed by atoms with van der Waals surface area (Å²) in [6.45, 7) is 6.57. The SMILES string of the molecule is CC(C)c1nc(=C(C#N)C#N)sc1=CC1=C2N(C)c3ccccc3C2(C)CCC1. The number of anilines is 1. The van der Waals surface area contributed by atoms with Crippen LogP contribution in [0.5, 0.6) is 0 Å². The fourth-order valence-electron chi connectivity index (χ4n) is 4.81. The van der Waals surface area contributed by atoms with Gasteiger partial charge in [0, 0.05) is 23.8 Å². The Morgan fingerprint density at radius 2 is 2.00 bits per heavy atom. The van der Waals surface area contributed by atoms with Gasteiger partial charge in [0.15, 0.2) is 5.57 Å². The van der Waals surface area contributed by atoms with Gasteiger partial charge in [0.1, 0.15) is 16.8 Å². The lowest BCUT2D eigenvalue weighted by atomic mass is 9.72. The molecule has 0 N–H and O–H groups in total. The number of thiazole rings is 1. The van der Waals surface area contributed by atoms with Crippen LogP contribution in [0.2, 0.25) is 0 Å². The highest BCUT2D eigenvalue weighted by Crippen LogP contribution is 2.53. The molecule has 2 heterocycles. The molecule has 4 rings (SSSR count). The van der Waals surface area contributed by atoms with Crippen molar-refractivity contribution in [1.29, 1.82) is 10.5 Å². The smallest absolute Gasteiger partial charge is 0.165 e. The zero-order valence-corrected chi connectivity index (χ0v) is 18.1. The molecule has 0 spiro atoms. The van der Waals surface area contributed by atoms with Crippen LogP contribution in [0.25, 0.3) is 11.6 Å². The minimum absolute atomic E-state index is 0.0253. The Morgan fingerprint density at radius 1 is 1.28 bits per heavy atom. The molecule has 0 radical (unpaired) electrons. The fraction of sp³-hybridized carbons (Fsp3) is 0.375. The van der Waals surface area contributed by atoms with Gasteiger partial charge in [0.2, 0.25) is 0 Å². The standard InChI is InChI=1S/C24H24N4S/c1-15(2)21-20(29-23(27-21)17(13-25)14-26)12-16-8-7-11-24(3)18-9-5-6-10-19(18)28(4)22(16)24/h5-6,9-10,12,15H,7-8,11H2,1-4H3. The molecule has 146 valence electrons. The minimum Gasteiger partial charge on any atom is -0.347 e. The zero-order valence-electron chi connectivity index (χ0n) is 17.3. The number of nitriles is 2. The molecular weight excluding hydrogens is 376 g/mol. The lowest BCUT2D eigenvalue weighted by Gasteiger charge is -2.34. The van der Waals surface area contributed by atoms with E-state index >= 15 is 0 Å². The maximum Gasteiger partial charge on any atom is 0.165 e. The van der Waals surface area contributed by atoms with Crippen molar-refractivity contribution in [2.24, 2.45) is 0 Å². The van der Waals surface area contributed by atoms with Gasteiger partial charge in [-0.3, -0.25) is 0 Å². The Labute approximate surface area is 175 Å². The molecule has 1 aromatic heterocycles. The molecule has 1 aliphatic carbocycles. The van der Waals surface area contributed by atoms with Crippen LogP contribution in [0.4, 0.5) is 5.69 Å². The molecule has 0 fully saturated rings. The summed E-state index contributed by atoms with van der Waals surface area (Å²) in [6, 6.07) is 12.7. The monoisotopic (exact) mass is 400 g/mol. The highest BCUT2D eigenvalue weighted by Gasteiger charge is 2.44. The van der Waals surface area contributed by atoms with E-state index in [1.165, 1.54) is 33.9 Å². The van der Waals surface area contributed by atoms with E-state index in [9.17, 15) is 10.5 Å². The van der Waals surface area contributed by atoms with Crippen molar-refractivity contribution >= 4 is 28.7 Å². The van der Waals surface area contributed by atoms with E-state index < -0.39 is 0 Å². The van der Waals surface area contributed by atoms with Gasteiger partial charge in [-0.05, 0) is 55.4 Å². The highest BCUT2D eigenvalue weighted by molar-refractivity contribution is 7.07. The van der Waals surface area contributed by atoms with Crippen LogP contribution in [0.15, 0.2) is 35.5 Å². The highest BCUT2D eigenvalue weighted by atomic mass is 32.1. The van der Waals surface area contributed by atoms with Gasteiger partial charge in [0.25, 0.3) is 0 Å². The van der Waals surface area contributed by atoms with E-state index in [1.807, 2.05) is 12.1 Å². The number of benzene rings is 1. The van der Waals surface area contributed by atoms with E-state index in [-0.39, 0.29) is 16.9 Å². The second kappa shape index (κ2) is 7.17. The average molecular weight is 401 g/mol. The zero-order chi connectivity index (χ0) is 20.8. The quantitative estimate of drug-likeness (QED) is 0.762. The third-order valence-corrected chi connectivity index (χ3v) is 7.15. The molecule has 1 aromatic carbocycles. The summed E-state index contributed by atoms with van der Waals surface area (Å²) < 4.78 is 1.59. The second-order valence-corrected chi connectivity index (χ2v) is 9.33. The molecule has 1 atom stereocenters. The number of para-hydroxylation sites is 1. The summed E-state index contributed by atoms with van der Waals surface area (Å²) in [5.74, 6) is 0.226. The van der Waals surface area contributed by atoms with E-state index in [0.29, 0.717) is 4.66 Å². The molecule has 0 saturated carbocycles. The van der Waals surface area contributed by atoms with Crippen LogP contribution in [0.1, 0.15) is 57.2 Å². The Hall–Kier alpha value is -2.89. The Bertz CT molecular complexity index is 1200. The number of fused-ring (bicyclic) bond motifs is 3. The molecule has 0 amide bonds. The number of likely N-dealkylation sites (N-methyl/N-ethyl adjacent to an activating group) is 1. The lowest BCUT2D eigenvalue weighted by Crippen LogP contribution is -2.30. The largest absolute Gasteiger partial charge is 0.347 e. The molecule has 0 saturated heterocycles. The molecule has 1 unspecified atom stereocenters. The molecule has 0 bridgehead atoms. The summed E-state index contributed by atoms with van der Waals surface area (Å²) in [7, 11) is 2.16. The molecule has 29 heavy (non-hydrogen) atoms. The lowest BCUT2D eigenvalue weighted by molar-refractivity contribution is 0.469. The van der Waals surface area contributed by atoms with Gasteiger partial charge in [0.05, 0.1) is 10.2 Å². The minimum atomic E-state index is 0.0253. The molecule has 5 heteroatoms. The number of allylic oxidation sites excluding steroid dienone is 2. The summed E-state index contributed by atoms with van der Waals surface area (Å²) in [5, 5.41) is 18.5. The summed E-state index contributed by atoms with van der Waals surface area (Å²) in [4.78, 5) is 6.99. The first-order chi connectivity index (χ1) is 13.9. The second-order valence-electron chi connectivity index (χ2n) is 8.30. The Morgan fingerprint density at radius 3 is 2.69 bits per heavy atom. The molecule has 1 aliphatic heterocycles. The first-order valence-electron chi connectivity index (χ1n) is 10.0. The summed E-state index contributed by atoms with van der Waals surface area (Å²) in [6.07, 6.45) is 5.58. The van der Waals surface area contributed by atoms with Crippen molar-refractivity contribution in [3.63, 3.8) is 0 Å². The topological polar surface area (TPSA) is 63.7 Å². The van der Waals surface area contributed by atoms with Gasteiger partial charge in [-0.15, -0.1) is 11.3 Å². The van der Waals surface area contributed by atoms with Crippen molar-refractivity contribution in [2.75, 3.05) is 11.9 Å². The number of nitrogens with zero attached hydrogens (tertiary/aromatic N) is 4. The van der Waals surface area contributed by atoms with E-state index in [4.69, 9.17) is 0 Å². The molecule has 2 aliphatic rings. The Balaban J connectivity index is 1.98. The van der Waals surface area contributed by atoms with Crippen LogP contribution in [0.3, 0.4) is 0 Å². The fourth-order valence-corrected chi connectivity index (χ4v) is 5.94. The van der Waals surface area contributed by atoms with Gasteiger partial charge in [-0.2, -0.15) is 10.5 Å². The van der Waals surface area contributed by atoms with Crippen molar-refractivity contribution in [2.45, 2.75) is 51.4 Å². The predicted molar refractivity (Wildman–Crippen MR) is 118 cm³/mol. The maximum atomic E-state index is 9.26. The van der Waals surface area contributed by atoms with E-state index in [2.05, 4.69) is 68.0 Å². The number of aromatic nitrogens is 1. The van der Waals surface area contributed by atoms with Crippen molar-refractivity contribution in [3.8, 4) is 12.1 Å². The third kappa shape index (κ3) is 2.98. The van der Waals surface area contributed by atoms with Crippen LogP contribution in [0, 0.1) is 22.7 Å². The van der Waals surface area contributed by atoms with Crippen molar-refractivity contribution in [1.82, 2.24) is 4.98 Å². The van der Waals surface area contributed by atoms with Gasteiger partial charge >= 0.3 is 0 Å². The van der Waals surface area contributed by atoms with Crippen LogP contribution in [-0.4, -0.2) is 12.0 Å². The first-order valence-corrected chi connectivity index (χ1v) is 10.8. The van der Waals surface area contributed by atoms with Crippen LogP contribution < -0.4 is 14.1 Å². The van der Waals surface area contributed by atoms with E-state index in [0.717, 1.165) is 29.5 Å². The number of rotatable bonds is 2. The van der Waals surface area contributed by atoms with Crippen LogP contribution in [-0.2, 0) is 5.41 Å². The normalized spacial score (nSPS) is 21.1. The first kappa shape index (κ1) is 19.4. The van der Waals surface area contributed by atoms with Gasteiger partial charge < -0.3 is 4.90 Å². The van der Waals surface area contributed by atoms with Crippen molar-refractivity contribution in [3.05, 3.63) is 56.0 Å². The molecule has 2 aromatic rings. The Kier molecular flexibility index (Phi) is 4.81. The third-order valence-electron chi connectivity index (χ3n) is 6.12. The van der Waals surface area contributed by atoms with Gasteiger partial charge in [-0.1, -0.05) is 32.0 Å². The average Bonchev–Trinajstić information content (AvgIpc) is 3.22. The molecular formula is C24H24N4S. The van der Waals surface area contributed by atoms with E-state index in [1.54, 1.807) is 0 Å². The van der Waals surface area contributed by atoms with Crippen LogP contribution >= 0.6 is 11.3 Å². The predicted octanol–water partition coefficient (Wildman–Crippen LogP) is 4.09.